The van der Waals surface area contributed by atoms with Crippen LogP contribution < -0.4 is 0 Å². The van der Waals surface area contributed by atoms with Crippen molar-refractivity contribution in [2.75, 3.05) is 0 Å². The molecule has 2 fully saturated rings. The summed E-state index contributed by atoms with van der Waals surface area (Å²) in [5, 5.41) is 0. The molecule has 0 spiro atoms. The minimum absolute atomic E-state index is 0.444. The van der Waals surface area contributed by atoms with E-state index in [2.05, 4.69) is 13.8 Å². The number of Topliss-reactive ketones (excluding diaryl/α,β-unsaturated/α-hetero) is 1. The average Bonchev–Trinajstić information content (AvgIpc) is 2.21. The quantitative estimate of drug-likeness (QED) is 0.500. The molecule has 2 aliphatic carbocycles. The molecule has 0 amide bonds. The second-order valence-electron chi connectivity index (χ2n) is 4.49. The molecule has 0 aliphatic heterocycles. The van der Waals surface area contributed by atoms with Gasteiger partial charge >= 0.3 is 0 Å². The normalized spacial score (nSPS) is 42.8. The van der Waals surface area contributed by atoms with Gasteiger partial charge in [0.25, 0.3) is 0 Å². The molecule has 2 rings (SSSR count). The van der Waals surface area contributed by atoms with Crippen LogP contribution >= 0.6 is 0 Å². The predicted molar refractivity (Wildman–Crippen MR) is 39.6 cm³/mol. The monoisotopic (exact) mass is 138 g/mol. The minimum Gasteiger partial charge on any atom is -0.299 e. The number of fused-ring (bicyclic) bond motifs is 2. The lowest BCUT2D eigenvalue weighted by Gasteiger charge is -2.28. The third-order valence-corrected chi connectivity index (χ3v) is 3.35. The molecule has 2 atom stereocenters. The van der Waals surface area contributed by atoms with Crippen LogP contribution in [0.4, 0.5) is 0 Å². The van der Waals surface area contributed by atoms with Crippen molar-refractivity contribution in [1.29, 1.82) is 0 Å². The second-order valence-corrected chi connectivity index (χ2v) is 4.49. The fourth-order valence-electron chi connectivity index (χ4n) is 2.56. The summed E-state index contributed by atoms with van der Waals surface area (Å²) in [6, 6.07) is 0. The molecule has 0 aromatic heterocycles. The molecular formula is C9H14O. The van der Waals surface area contributed by atoms with Crippen molar-refractivity contribution in [3.63, 3.8) is 0 Å². The number of carbonyl (C=O) groups is 1. The fraction of sp³-hybridized carbons (Fsp3) is 0.889. The average molecular weight is 138 g/mol. The Morgan fingerprint density at radius 1 is 1.50 bits per heavy atom. The molecule has 0 heterocycles. The Kier molecular flexibility index (Phi) is 1.04. The Morgan fingerprint density at radius 3 is 2.50 bits per heavy atom. The van der Waals surface area contributed by atoms with Crippen molar-refractivity contribution in [3.8, 4) is 0 Å². The summed E-state index contributed by atoms with van der Waals surface area (Å²) in [7, 11) is 0. The number of hydrogen-bond acceptors (Lipinski definition) is 1. The van der Waals surface area contributed by atoms with Gasteiger partial charge < -0.3 is 0 Å². The van der Waals surface area contributed by atoms with Crippen LogP contribution in [0.3, 0.4) is 0 Å². The van der Waals surface area contributed by atoms with Gasteiger partial charge in [-0.25, -0.2) is 0 Å². The molecular weight excluding hydrogens is 124 g/mol. The van der Waals surface area contributed by atoms with Crippen LogP contribution in [0.5, 0.6) is 0 Å². The number of ketones is 1. The lowest BCUT2D eigenvalue weighted by molar-refractivity contribution is -0.123. The minimum atomic E-state index is 0.444. The Hall–Kier alpha value is -0.330. The zero-order chi connectivity index (χ0) is 7.35. The van der Waals surface area contributed by atoms with Crippen LogP contribution in [0.25, 0.3) is 0 Å². The highest BCUT2D eigenvalue weighted by Gasteiger charge is 2.49. The Labute approximate surface area is 61.8 Å². The van der Waals surface area contributed by atoms with Gasteiger partial charge in [-0.1, -0.05) is 13.8 Å². The van der Waals surface area contributed by atoms with Crippen LogP contribution in [-0.2, 0) is 4.79 Å². The van der Waals surface area contributed by atoms with Crippen molar-refractivity contribution < 1.29 is 4.79 Å². The highest BCUT2D eigenvalue weighted by molar-refractivity contribution is 5.84. The fourth-order valence-corrected chi connectivity index (χ4v) is 2.56. The lowest BCUT2D eigenvalue weighted by atomic mass is 9.76. The third-order valence-electron chi connectivity index (χ3n) is 3.35. The Morgan fingerprint density at radius 2 is 2.20 bits per heavy atom. The number of hydrogen-bond donors (Lipinski definition) is 0. The molecule has 2 bridgehead atoms. The maximum Gasteiger partial charge on any atom is 0.136 e. The van der Waals surface area contributed by atoms with E-state index in [0.29, 0.717) is 23.0 Å². The largest absolute Gasteiger partial charge is 0.299 e. The van der Waals surface area contributed by atoms with Crippen LogP contribution in [0.2, 0.25) is 0 Å². The molecule has 1 nitrogen and oxygen atoms in total. The van der Waals surface area contributed by atoms with Crippen LogP contribution in [-0.4, -0.2) is 5.78 Å². The van der Waals surface area contributed by atoms with Crippen molar-refractivity contribution in [2.45, 2.75) is 33.1 Å². The van der Waals surface area contributed by atoms with Gasteiger partial charge in [-0.2, -0.15) is 0 Å². The smallest absolute Gasteiger partial charge is 0.136 e. The SMILES string of the molecule is CC1(C)C[C@@H]2C[C@H]1CC2=O. The van der Waals surface area contributed by atoms with Crippen molar-refractivity contribution in [1.82, 2.24) is 0 Å². The van der Waals surface area contributed by atoms with Crippen molar-refractivity contribution in [2.24, 2.45) is 17.3 Å². The first-order valence-electron chi connectivity index (χ1n) is 4.12. The maximum absolute atomic E-state index is 11.1. The number of rotatable bonds is 0. The molecule has 1 heteroatoms. The van der Waals surface area contributed by atoms with E-state index >= 15 is 0 Å². The van der Waals surface area contributed by atoms with Gasteiger partial charge in [0.1, 0.15) is 5.78 Å². The highest BCUT2D eigenvalue weighted by atomic mass is 16.1. The maximum atomic E-state index is 11.1. The summed E-state index contributed by atoms with van der Waals surface area (Å²) in [5.74, 6) is 1.69. The van der Waals surface area contributed by atoms with Gasteiger partial charge in [0.05, 0.1) is 0 Å². The molecule has 2 saturated carbocycles. The van der Waals surface area contributed by atoms with E-state index in [-0.39, 0.29) is 0 Å². The summed E-state index contributed by atoms with van der Waals surface area (Å²) < 4.78 is 0. The van der Waals surface area contributed by atoms with E-state index in [1.165, 1.54) is 6.42 Å². The molecule has 0 radical (unpaired) electrons. The van der Waals surface area contributed by atoms with Crippen LogP contribution in [0.15, 0.2) is 0 Å². The van der Waals surface area contributed by atoms with Crippen molar-refractivity contribution in [3.05, 3.63) is 0 Å². The van der Waals surface area contributed by atoms with Crippen molar-refractivity contribution >= 4 is 5.78 Å². The molecule has 0 aromatic carbocycles. The molecule has 0 aromatic rings. The first-order chi connectivity index (χ1) is 4.59. The van der Waals surface area contributed by atoms with Gasteiger partial charge in [0, 0.05) is 12.3 Å². The first kappa shape index (κ1) is 6.38. The Balaban J connectivity index is 2.24. The third kappa shape index (κ3) is 0.664. The zero-order valence-electron chi connectivity index (χ0n) is 6.68. The molecule has 0 N–H and O–H groups in total. The lowest BCUT2D eigenvalue weighted by Crippen LogP contribution is -2.24. The van der Waals surface area contributed by atoms with E-state index in [9.17, 15) is 4.79 Å². The van der Waals surface area contributed by atoms with Crippen LogP contribution in [0, 0.1) is 17.3 Å². The molecule has 10 heavy (non-hydrogen) atoms. The zero-order valence-corrected chi connectivity index (χ0v) is 6.68. The van der Waals surface area contributed by atoms with Gasteiger partial charge in [-0.15, -0.1) is 0 Å². The summed E-state index contributed by atoms with van der Waals surface area (Å²) in [6.07, 6.45) is 3.21. The topological polar surface area (TPSA) is 17.1 Å². The van der Waals surface area contributed by atoms with E-state index in [0.717, 1.165) is 12.8 Å². The van der Waals surface area contributed by atoms with E-state index in [1.54, 1.807) is 0 Å². The van der Waals surface area contributed by atoms with Gasteiger partial charge in [-0.05, 0) is 24.2 Å². The highest BCUT2D eigenvalue weighted by Crippen LogP contribution is 2.53. The Bertz CT molecular complexity index is 181. The summed E-state index contributed by atoms with van der Waals surface area (Å²) in [4.78, 5) is 11.1. The summed E-state index contributed by atoms with van der Waals surface area (Å²) >= 11 is 0. The molecule has 2 aliphatic rings. The predicted octanol–water partition coefficient (Wildman–Crippen LogP) is 2.01. The molecule has 0 unspecified atom stereocenters. The number of carbonyl (C=O) groups excluding carboxylic acids is 1. The summed E-state index contributed by atoms with van der Waals surface area (Å²) in [5.41, 5.74) is 0.471. The molecule has 56 valence electrons. The van der Waals surface area contributed by atoms with Gasteiger partial charge in [0.15, 0.2) is 0 Å². The first-order valence-corrected chi connectivity index (χ1v) is 4.12. The van der Waals surface area contributed by atoms with Crippen LogP contribution in [0.1, 0.15) is 33.1 Å². The van der Waals surface area contributed by atoms with E-state index < -0.39 is 0 Å². The molecule has 0 saturated heterocycles. The van der Waals surface area contributed by atoms with E-state index in [4.69, 9.17) is 0 Å². The standard InChI is InChI=1S/C9H14O/c1-9(2)5-6-3-7(9)4-8(6)10/h6-7H,3-5H2,1-2H3/t6-,7-/m0/s1. The second kappa shape index (κ2) is 1.63. The van der Waals surface area contributed by atoms with E-state index in [1.807, 2.05) is 0 Å². The van der Waals surface area contributed by atoms with Gasteiger partial charge in [-0.3, -0.25) is 4.79 Å². The summed E-state index contributed by atoms with van der Waals surface area (Å²) in [6.45, 7) is 4.59. The van der Waals surface area contributed by atoms with Gasteiger partial charge in [0.2, 0.25) is 0 Å².